The monoisotopic (exact) mass is 365 g/mol. The summed E-state index contributed by atoms with van der Waals surface area (Å²) in [5.41, 5.74) is 4.38. The minimum atomic E-state index is -0.443. The van der Waals surface area contributed by atoms with Gasteiger partial charge in [-0.15, -0.1) is 0 Å². The predicted molar refractivity (Wildman–Crippen MR) is 107 cm³/mol. The lowest BCUT2D eigenvalue weighted by Crippen LogP contribution is -2.27. The second kappa shape index (κ2) is 7.18. The highest BCUT2D eigenvalue weighted by atomic mass is 16.5. The van der Waals surface area contributed by atoms with Crippen LogP contribution in [-0.2, 0) is 15.0 Å². The summed E-state index contributed by atoms with van der Waals surface area (Å²) < 4.78 is 5.52. The van der Waals surface area contributed by atoms with Crippen molar-refractivity contribution in [3.05, 3.63) is 59.2 Å². The van der Waals surface area contributed by atoms with Crippen LogP contribution in [0.15, 0.2) is 42.5 Å². The minimum absolute atomic E-state index is 0.0386. The Morgan fingerprint density at radius 3 is 2.30 bits per heavy atom. The number of rotatable bonds is 3. The molecule has 0 aromatic heterocycles. The molecule has 1 atom stereocenters. The maximum atomic E-state index is 12.5. The Morgan fingerprint density at radius 1 is 1.04 bits per heavy atom. The van der Waals surface area contributed by atoms with E-state index >= 15 is 0 Å². The number of carbonyl (C=O) groups excluding carboxylic acids is 2. The summed E-state index contributed by atoms with van der Waals surface area (Å²) in [6, 6.07) is 13.5. The SMILES string of the molecule is Cc1ccc(N2C[C@H](C(=O)Oc3ccc(C(C)(C)C)cc3)CC2=O)cc1C. The van der Waals surface area contributed by atoms with E-state index in [1.165, 1.54) is 11.1 Å². The van der Waals surface area contributed by atoms with Gasteiger partial charge in [0, 0.05) is 18.7 Å². The summed E-state index contributed by atoms with van der Waals surface area (Å²) in [6.45, 7) is 10.8. The van der Waals surface area contributed by atoms with Gasteiger partial charge in [0.1, 0.15) is 5.75 Å². The number of anilines is 1. The molecule has 4 nitrogen and oxygen atoms in total. The van der Waals surface area contributed by atoms with E-state index in [0.717, 1.165) is 11.3 Å². The Kier molecular flexibility index (Phi) is 5.09. The molecule has 4 heteroatoms. The second-order valence-electron chi connectivity index (χ2n) is 8.37. The average molecular weight is 365 g/mol. The fourth-order valence-corrected chi connectivity index (χ4v) is 3.23. The molecule has 2 aromatic carbocycles. The summed E-state index contributed by atoms with van der Waals surface area (Å²) in [7, 11) is 0. The zero-order valence-corrected chi connectivity index (χ0v) is 16.7. The number of aryl methyl sites for hydroxylation is 2. The molecule has 1 aliphatic rings. The zero-order chi connectivity index (χ0) is 19.8. The number of amides is 1. The topological polar surface area (TPSA) is 46.6 Å². The summed E-state index contributed by atoms with van der Waals surface area (Å²) in [5.74, 6) is -0.312. The van der Waals surface area contributed by atoms with Gasteiger partial charge in [0.15, 0.2) is 0 Å². The Balaban J connectivity index is 1.67. The summed E-state index contributed by atoms with van der Waals surface area (Å²) in [4.78, 5) is 26.6. The van der Waals surface area contributed by atoms with Gasteiger partial charge in [0.25, 0.3) is 0 Å². The molecule has 1 aliphatic heterocycles. The zero-order valence-electron chi connectivity index (χ0n) is 16.7. The minimum Gasteiger partial charge on any atom is -0.426 e. The van der Waals surface area contributed by atoms with Crippen LogP contribution in [0.3, 0.4) is 0 Å². The van der Waals surface area contributed by atoms with E-state index in [-0.39, 0.29) is 23.7 Å². The van der Waals surface area contributed by atoms with Gasteiger partial charge in [-0.1, -0.05) is 39.0 Å². The van der Waals surface area contributed by atoms with Crippen LogP contribution in [0.5, 0.6) is 5.75 Å². The molecule has 1 heterocycles. The third-order valence-electron chi connectivity index (χ3n) is 5.20. The summed E-state index contributed by atoms with van der Waals surface area (Å²) in [5, 5.41) is 0. The highest BCUT2D eigenvalue weighted by molar-refractivity contribution is 5.99. The van der Waals surface area contributed by atoms with Gasteiger partial charge < -0.3 is 9.64 Å². The molecular formula is C23H27NO3. The predicted octanol–water partition coefficient (Wildman–Crippen LogP) is 4.56. The van der Waals surface area contributed by atoms with Crippen LogP contribution in [-0.4, -0.2) is 18.4 Å². The number of carbonyl (C=O) groups is 2. The Labute approximate surface area is 161 Å². The first-order valence-corrected chi connectivity index (χ1v) is 9.35. The molecule has 1 amide bonds. The van der Waals surface area contributed by atoms with Gasteiger partial charge in [-0.2, -0.15) is 0 Å². The molecule has 0 radical (unpaired) electrons. The van der Waals surface area contributed by atoms with Crippen molar-refractivity contribution in [1.82, 2.24) is 0 Å². The van der Waals surface area contributed by atoms with Crippen LogP contribution in [0.4, 0.5) is 5.69 Å². The van der Waals surface area contributed by atoms with E-state index in [1.807, 2.05) is 56.3 Å². The fraction of sp³-hybridized carbons (Fsp3) is 0.391. The van der Waals surface area contributed by atoms with Crippen molar-refractivity contribution in [1.29, 1.82) is 0 Å². The average Bonchev–Trinajstić information content (AvgIpc) is 2.99. The molecule has 0 aliphatic carbocycles. The number of hydrogen-bond acceptors (Lipinski definition) is 3. The molecular weight excluding hydrogens is 338 g/mol. The van der Waals surface area contributed by atoms with Gasteiger partial charge in [-0.3, -0.25) is 9.59 Å². The molecule has 0 N–H and O–H groups in total. The lowest BCUT2D eigenvalue weighted by molar-refractivity contribution is -0.139. The van der Waals surface area contributed by atoms with Crippen LogP contribution in [0.25, 0.3) is 0 Å². The third-order valence-corrected chi connectivity index (χ3v) is 5.20. The Morgan fingerprint density at radius 2 is 1.70 bits per heavy atom. The fourth-order valence-electron chi connectivity index (χ4n) is 3.23. The van der Waals surface area contributed by atoms with E-state index in [0.29, 0.717) is 12.3 Å². The first kappa shape index (κ1) is 19.2. The summed E-state index contributed by atoms with van der Waals surface area (Å²) >= 11 is 0. The van der Waals surface area contributed by atoms with E-state index in [4.69, 9.17) is 4.74 Å². The highest BCUT2D eigenvalue weighted by Crippen LogP contribution is 2.29. The molecule has 1 saturated heterocycles. The van der Waals surface area contributed by atoms with Gasteiger partial charge in [0.05, 0.1) is 5.92 Å². The van der Waals surface area contributed by atoms with Crippen molar-refractivity contribution in [2.45, 2.75) is 46.5 Å². The molecule has 0 saturated carbocycles. The van der Waals surface area contributed by atoms with Crippen molar-refractivity contribution < 1.29 is 14.3 Å². The largest absolute Gasteiger partial charge is 0.426 e. The first-order chi connectivity index (χ1) is 12.6. The number of nitrogens with zero attached hydrogens (tertiary/aromatic N) is 1. The van der Waals surface area contributed by atoms with Gasteiger partial charge >= 0.3 is 5.97 Å². The lowest BCUT2D eigenvalue weighted by atomic mass is 9.87. The standard InChI is InChI=1S/C23H27NO3/c1-15-6-9-19(12-16(15)2)24-14-17(13-21(24)25)22(26)27-20-10-7-18(8-11-20)23(3,4)5/h6-12,17H,13-14H2,1-5H3/t17-/m1/s1. The van der Waals surface area contributed by atoms with Crippen molar-refractivity contribution in [3.63, 3.8) is 0 Å². The summed E-state index contributed by atoms with van der Waals surface area (Å²) in [6.07, 6.45) is 0.186. The molecule has 0 unspecified atom stereocenters. The van der Waals surface area contributed by atoms with E-state index in [9.17, 15) is 9.59 Å². The Bertz CT molecular complexity index is 862. The molecule has 142 valence electrons. The maximum Gasteiger partial charge on any atom is 0.316 e. The molecule has 0 spiro atoms. The Hall–Kier alpha value is -2.62. The second-order valence-corrected chi connectivity index (χ2v) is 8.37. The van der Waals surface area contributed by atoms with E-state index in [2.05, 4.69) is 20.8 Å². The van der Waals surface area contributed by atoms with Crippen LogP contribution >= 0.6 is 0 Å². The van der Waals surface area contributed by atoms with Gasteiger partial charge in [-0.05, 0) is 60.2 Å². The molecule has 3 rings (SSSR count). The normalized spacial score (nSPS) is 17.3. The molecule has 27 heavy (non-hydrogen) atoms. The smallest absolute Gasteiger partial charge is 0.316 e. The first-order valence-electron chi connectivity index (χ1n) is 9.35. The molecule has 1 fully saturated rings. The maximum absolute atomic E-state index is 12.5. The number of hydrogen-bond donors (Lipinski definition) is 0. The highest BCUT2D eigenvalue weighted by Gasteiger charge is 2.36. The van der Waals surface area contributed by atoms with E-state index < -0.39 is 5.92 Å². The van der Waals surface area contributed by atoms with Crippen molar-refractivity contribution in [2.24, 2.45) is 5.92 Å². The van der Waals surface area contributed by atoms with Crippen molar-refractivity contribution >= 4 is 17.6 Å². The number of ether oxygens (including phenoxy) is 1. The van der Waals surface area contributed by atoms with Crippen molar-refractivity contribution in [2.75, 3.05) is 11.4 Å². The van der Waals surface area contributed by atoms with Crippen LogP contribution < -0.4 is 9.64 Å². The van der Waals surface area contributed by atoms with Crippen LogP contribution in [0.1, 0.15) is 43.9 Å². The van der Waals surface area contributed by atoms with Gasteiger partial charge in [-0.25, -0.2) is 0 Å². The molecule has 2 aromatic rings. The van der Waals surface area contributed by atoms with E-state index in [1.54, 1.807) is 4.90 Å². The van der Waals surface area contributed by atoms with Crippen LogP contribution in [0, 0.1) is 19.8 Å². The molecule has 0 bridgehead atoms. The lowest BCUT2D eigenvalue weighted by Gasteiger charge is -2.19. The van der Waals surface area contributed by atoms with Crippen LogP contribution in [0.2, 0.25) is 0 Å². The van der Waals surface area contributed by atoms with Crippen molar-refractivity contribution in [3.8, 4) is 5.75 Å². The van der Waals surface area contributed by atoms with Gasteiger partial charge in [0.2, 0.25) is 5.91 Å². The number of benzene rings is 2. The number of esters is 1. The third kappa shape index (κ3) is 4.21. The quantitative estimate of drug-likeness (QED) is 0.592.